The lowest BCUT2D eigenvalue weighted by molar-refractivity contribution is 0.221. The van der Waals surface area contributed by atoms with Gasteiger partial charge in [-0.3, -0.25) is 16.3 Å². The van der Waals surface area contributed by atoms with Crippen LogP contribution in [0.3, 0.4) is 0 Å². The predicted octanol–water partition coefficient (Wildman–Crippen LogP) is 2.91. The quantitative estimate of drug-likeness (QED) is 0.647. The van der Waals surface area contributed by atoms with Crippen LogP contribution in [-0.4, -0.2) is 18.1 Å². The first kappa shape index (κ1) is 16.2. The van der Waals surface area contributed by atoms with Crippen LogP contribution in [0.5, 0.6) is 5.75 Å². The van der Waals surface area contributed by atoms with Gasteiger partial charge in [0.25, 0.3) is 0 Å². The third kappa shape index (κ3) is 3.74. The Kier molecular flexibility index (Phi) is 5.59. The van der Waals surface area contributed by atoms with Gasteiger partial charge < -0.3 is 4.74 Å². The average molecular weight is 291 g/mol. The summed E-state index contributed by atoms with van der Waals surface area (Å²) >= 11 is 0. The van der Waals surface area contributed by atoms with Gasteiger partial charge in [0.15, 0.2) is 0 Å². The molecule has 1 saturated carbocycles. The van der Waals surface area contributed by atoms with Gasteiger partial charge in [-0.05, 0) is 38.5 Å². The Bertz CT molecular complexity index is 475. The molecule has 118 valence electrons. The van der Waals surface area contributed by atoms with Crippen LogP contribution < -0.4 is 16.0 Å². The van der Waals surface area contributed by atoms with E-state index in [1.807, 2.05) is 13.1 Å². The van der Waals surface area contributed by atoms with E-state index in [4.69, 9.17) is 10.6 Å². The van der Waals surface area contributed by atoms with E-state index >= 15 is 0 Å². The molecule has 1 aromatic rings. The highest BCUT2D eigenvalue weighted by atomic mass is 16.5. The van der Waals surface area contributed by atoms with Gasteiger partial charge in [-0.1, -0.05) is 19.8 Å². The monoisotopic (exact) mass is 291 g/mol. The van der Waals surface area contributed by atoms with E-state index in [-0.39, 0.29) is 0 Å². The van der Waals surface area contributed by atoms with Gasteiger partial charge in [-0.25, -0.2) is 0 Å². The zero-order valence-electron chi connectivity index (χ0n) is 13.8. The number of pyridine rings is 1. The van der Waals surface area contributed by atoms with Gasteiger partial charge in [-0.15, -0.1) is 0 Å². The molecule has 1 aliphatic carbocycles. The van der Waals surface area contributed by atoms with Gasteiger partial charge in [0.1, 0.15) is 5.75 Å². The number of rotatable bonds is 5. The van der Waals surface area contributed by atoms with E-state index in [0.717, 1.165) is 34.9 Å². The highest BCUT2D eigenvalue weighted by Gasteiger charge is 2.27. The van der Waals surface area contributed by atoms with E-state index in [1.165, 1.54) is 25.7 Å². The summed E-state index contributed by atoms with van der Waals surface area (Å²) in [6.07, 6.45) is 7.96. The highest BCUT2D eigenvalue weighted by Crippen LogP contribution is 2.32. The van der Waals surface area contributed by atoms with Gasteiger partial charge in [0.2, 0.25) is 0 Å². The van der Waals surface area contributed by atoms with Crippen molar-refractivity contribution in [3.63, 3.8) is 0 Å². The number of aryl methyl sites for hydroxylation is 1. The Morgan fingerprint density at radius 3 is 2.81 bits per heavy atom. The summed E-state index contributed by atoms with van der Waals surface area (Å²) in [6.45, 7) is 6.47. The van der Waals surface area contributed by atoms with E-state index < -0.39 is 0 Å². The molecule has 1 heterocycles. The van der Waals surface area contributed by atoms with E-state index in [2.05, 4.69) is 24.3 Å². The van der Waals surface area contributed by atoms with Crippen molar-refractivity contribution in [2.24, 2.45) is 17.7 Å². The third-order valence-corrected chi connectivity index (χ3v) is 4.92. The lowest BCUT2D eigenvalue weighted by Gasteiger charge is -2.33. The highest BCUT2D eigenvalue weighted by molar-refractivity contribution is 5.41. The maximum Gasteiger partial charge on any atom is 0.128 e. The number of aromatic nitrogens is 1. The minimum atomic E-state index is 0.298. The van der Waals surface area contributed by atoms with Crippen molar-refractivity contribution >= 4 is 0 Å². The molecule has 3 atom stereocenters. The second-order valence-corrected chi connectivity index (χ2v) is 6.56. The molecule has 4 heteroatoms. The van der Waals surface area contributed by atoms with Crippen molar-refractivity contribution in [3.8, 4) is 5.75 Å². The summed E-state index contributed by atoms with van der Waals surface area (Å²) in [7, 11) is 1.72. The van der Waals surface area contributed by atoms with Crippen LogP contribution in [0.1, 0.15) is 49.4 Å². The molecule has 0 saturated heterocycles. The average Bonchev–Trinajstić information content (AvgIpc) is 2.47. The zero-order chi connectivity index (χ0) is 15.4. The Morgan fingerprint density at radius 2 is 2.19 bits per heavy atom. The molecule has 0 aromatic carbocycles. The number of nitrogens with zero attached hydrogens (tertiary/aromatic N) is 1. The minimum Gasteiger partial charge on any atom is -0.496 e. The Morgan fingerprint density at radius 1 is 1.43 bits per heavy atom. The fourth-order valence-electron chi connectivity index (χ4n) is 3.69. The van der Waals surface area contributed by atoms with Crippen molar-refractivity contribution in [2.75, 3.05) is 7.11 Å². The molecular weight excluding hydrogens is 262 g/mol. The number of nitrogens with two attached hydrogens (primary N) is 1. The Hall–Kier alpha value is -1.13. The third-order valence-electron chi connectivity index (χ3n) is 4.92. The first-order valence-electron chi connectivity index (χ1n) is 8.02. The van der Waals surface area contributed by atoms with Crippen LogP contribution in [0.25, 0.3) is 0 Å². The topological polar surface area (TPSA) is 60.2 Å². The number of hydrazine groups is 1. The normalized spacial score (nSPS) is 23.9. The van der Waals surface area contributed by atoms with E-state index in [9.17, 15) is 0 Å². The van der Waals surface area contributed by atoms with E-state index in [0.29, 0.717) is 12.0 Å². The summed E-state index contributed by atoms with van der Waals surface area (Å²) in [5.41, 5.74) is 6.36. The van der Waals surface area contributed by atoms with Crippen molar-refractivity contribution in [1.82, 2.24) is 10.4 Å². The molecule has 0 aliphatic heterocycles. The molecule has 0 bridgehead atoms. The maximum absolute atomic E-state index is 5.84. The molecule has 1 aliphatic rings. The largest absolute Gasteiger partial charge is 0.496 e. The van der Waals surface area contributed by atoms with Crippen LogP contribution in [0.2, 0.25) is 0 Å². The molecule has 1 aromatic heterocycles. The molecular formula is C17H29N3O. The number of hydrogen-bond acceptors (Lipinski definition) is 4. The van der Waals surface area contributed by atoms with Crippen LogP contribution >= 0.6 is 0 Å². The van der Waals surface area contributed by atoms with Crippen LogP contribution in [0.4, 0.5) is 0 Å². The lowest BCUT2D eigenvalue weighted by Crippen LogP contribution is -2.44. The second-order valence-electron chi connectivity index (χ2n) is 6.56. The summed E-state index contributed by atoms with van der Waals surface area (Å²) < 4.78 is 5.50. The molecule has 3 unspecified atom stereocenters. The van der Waals surface area contributed by atoms with Crippen LogP contribution in [0, 0.1) is 25.7 Å². The van der Waals surface area contributed by atoms with Crippen LogP contribution in [-0.2, 0) is 6.42 Å². The van der Waals surface area contributed by atoms with Gasteiger partial charge in [0, 0.05) is 35.5 Å². The number of methoxy groups -OCH3 is 1. The second kappa shape index (κ2) is 7.23. The number of nitrogens with one attached hydrogen (secondary N) is 1. The fraction of sp³-hybridized carbons (Fsp3) is 0.706. The van der Waals surface area contributed by atoms with Gasteiger partial charge in [-0.2, -0.15) is 0 Å². The molecule has 2 rings (SSSR count). The molecule has 1 fully saturated rings. The minimum absolute atomic E-state index is 0.298. The maximum atomic E-state index is 5.84. The lowest BCUT2D eigenvalue weighted by atomic mass is 9.77. The van der Waals surface area contributed by atoms with Crippen LogP contribution in [0.15, 0.2) is 6.20 Å². The smallest absolute Gasteiger partial charge is 0.128 e. The molecule has 4 nitrogen and oxygen atoms in total. The molecule has 0 radical (unpaired) electrons. The summed E-state index contributed by atoms with van der Waals surface area (Å²) in [4.78, 5) is 4.61. The molecule has 3 N–H and O–H groups in total. The zero-order valence-corrected chi connectivity index (χ0v) is 13.8. The van der Waals surface area contributed by atoms with Gasteiger partial charge in [0.05, 0.1) is 7.11 Å². The number of ether oxygens (including phenoxy) is 1. The Labute approximate surface area is 128 Å². The summed E-state index contributed by atoms with van der Waals surface area (Å²) in [5, 5.41) is 0. The van der Waals surface area contributed by atoms with E-state index in [1.54, 1.807) is 7.11 Å². The standard InChI is InChI=1S/C17H29N3O/c1-11-6-5-7-14(8-11)16(20-18)9-15-13(3)17(21-4)12(2)10-19-15/h10-11,14,16,20H,5-9,18H2,1-4H3. The first-order valence-corrected chi connectivity index (χ1v) is 8.02. The SMILES string of the molecule is COc1c(C)cnc(CC(NN)C2CCCC(C)C2)c1C. The number of hydrogen-bond donors (Lipinski definition) is 2. The van der Waals surface area contributed by atoms with Crippen molar-refractivity contribution in [2.45, 2.75) is 58.9 Å². The predicted molar refractivity (Wildman–Crippen MR) is 86.2 cm³/mol. The fourth-order valence-corrected chi connectivity index (χ4v) is 3.69. The van der Waals surface area contributed by atoms with Crippen molar-refractivity contribution in [1.29, 1.82) is 0 Å². The molecule has 0 amide bonds. The van der Waals surface area contributed by atoms with Gasteiger partial charge >= 0.3 is 0 Å². The summed E-state index contributed by atoms with van der Waals surface area (Å²) in [5.74, 6) is 8.24. The summed E-state index contributed by atoms with van der Waals surface area (Å²) in [6, 6.07) is 0.298. The van der Waals surface area contributed by atoms with Crippen molar-refractivity contribution < 1.29 is 4.74 Å². The van der Waals surface area contributed by atoms with Crippen molar-refractivity contribution in [3.05, 3.63) is 23.0 Å². The Balaban J connectivity index is 2.15. The molecule has 0 spiro atoms. The first-order chi connectivity index (χ1) is 10.1. The molecule has 21 heavy (non-hydrogen) atoms.